The fraction of sp³-hybridized carbons (Fsp3) is 0.700. The highest BCUT2D eigenvalue weighted by atomic mass is 16.5. The summed E-state index contributed by atoms with van der Waals surface area (Å²) >= 11 is 0. The second-order valence-electron chi connectivity index (χ2n) is 2.66. The molecule has 0 aromatic rings. The zero-order chi connectivity index (χ0) is 10.8. The van der Waals surface area contributed by atoms with E-state index in [1.807, 2.05) is 18.7 Å². The van der Waals surface area contributed by atoms with E-state index in [1.165, 1.54) is 13.2 Å². The first-order valence-electron chi connectivity index (χ1n) is 4.82. The van der Waals surface area contributed by atoms with Gasteiger partial charge in [0.2, 0.25) is 0 Å². The maximum absolute atomic E-state index is 10.8. The van der Waals surface area contributed by atoms with Crippen LogP contribution in [-0.4, -0.2) is 44.3 Å². The molecule has 0 bridgehead atoms. The number of hydrogen-bond donors (Lipinski definition) is 0. The van der Waals surface area contributed by atoms with E-state index in [4.69, 9.17) is 4.74 Å². The van der Waals surface area contributed by atoms with E-state index in [0.29, 0.717) is 6.61 Å². The van der Waals surface area contributed by atoms with Gasteiger partial charge in [0.25, 0.3) is 0 Å². The van der Waals surface area contributed by atoms with Gasteiger partial charge in [-0.2, -0.15) is 0 Å². The summed E-state index contributed by atoms with van der Waals surface area (Å²) < 4.78 is 9.69. The van der Waals surface area contributed by atoms with E-state index < -0.39 is 0 Å². The van der Waals surface area contributed by atoms with Crippen LogP contribution in [0.3, 0.4) is 0 Å². The molecule has 4 heteroatoms. The van der Waals surface area contributed by atoms with Crippen LogP contribution in [0.2, 0.25) is 0 Å². The average Bonchev–Trinajstić information content (AvgIpc) is 2.22. The smallest absolute Gasteiger partial charge is 0.331 e. The molecule has 82 valence electrons. The predicted octanol–water partition coefficient (Wildman–Crippen LogP) is 1.03. The molecule has 0 spiro atoms. The number of ether oxygens (including phenoxy) is 2. The van der Waals surface area contributed by atoms with E-state index in [1.54, 1.807) is 6.20 Å². The number of carbonyl (C=O) groups excluding carboxylic acids is 1. The summed E-state index contributed by atoms with van der Waals surface area (Å²) in [6.45, 7) is 7.01. The van der Waals surface area contributed by atoms with Gasteiger partial charge in [0.15, 0.2) is 0 Å². The molecule has 0 saturated carbocycles. The van der Waals surface area contributed by atoms with Crippen molar-refractivity contribution >= 4 is 5.97 Å². The highest BCUT2D eigenvalue weighted by Crippen LogP contribution is 1.90. The van der Waals surface area contributed by atoms with Gasteiger partial charge in [0.05, 0.1) is 13.7 Å². The Labute approximate surface area is 85.5 Å². The summed E-state index contributed by atoms with van der Waals surface area (Å²) in [6.07, 6.45) is 3.14. The van der Waals surface area contributed by atoms with Crippen LogP contribution in [0, 0.1) is 0 Å². The first kappa shape index (κ1) is 13.0. The number of rotatable bonds is 7. The van der Waals surface area contributed by atoms with Crippen LogP contribution in [0.4, 0.5) is 0 Å². The highest BCUT2D eigenvalue weighted by Gasteiger charge is 1.97. The van der Waals surface area contributed by atoms with E-state index >= 15 is 0 Å². The summed E-state index contributed by atoms with van der Waals surface area (Å²) in [5.74, 6) is -0.333. The van der Waals surface area contributed by atoms with Crippen molar-refractivity contribution in [1.82, 2.24) is 4.90 Å². The molecule has 0 radical (unpaired) electrons. The molecule has 0 rings (SSSR count). The third-order valence-corrected chi connectivity index (χ3v) is 1.76. The number of methoxy groups -OCH3 is 1. The van der Waals surface area contributed by atoms with Gasteiger partial charge >= 0.3 is 5.97 Å². The van der Waals surface area contributed by atoms with E-state index in [0.717, 1.165) is 19.7 Å². The summed E-state index contributed by atoms with van der Waals surface area (Å²) in [5.41, 5.74) is 0. The van der Waals surface area contributed by atoms with Gasteiger partial charge in [-0.05, 0) is 13.8 Å². The Morgan fingerprint density at radius 2 is 2.14 bits per heavy atom. The standard InChI is InChI=1S/C10H19NO3/c1-4-11(8-9-14-5-2)7-6-10(12)13-3/h6-7H,4-5,8-9H2,1-3H3. The van der Waals surface area contributed by atoms with Crippen LogP contribution < -0.4 is 0 Å². The minimum Gasteiger partial charge on any atom is -0.466 e. The van der Waals surface area contributed by atoms with E-state index in [9.17, 15) is 4.79 Å². The van der Waals surface area contributed by atoms with Crippen LogP contribution in [0.15, 0.2) is 12.3 Å². The Kier molecular flexibility index (Phi) is 7.93. The molecule has 0 aliphatic heterocycles. The average molecular weight is 201 g/mol. The zero-order valence-corrected chi connectivity index (χ0v) is 9.16. The summed E-state index contributed by atoms with van der Waals surface area (Å²) in [7, 11) is 1.36. The first-order valence-corrected chi connectivity index (χ1v) is 4.82. The van der Waals surface area contributed by atoms with Crippen LogP contribution in [-0.2, 0) is 14.3 Å². The molecule has 0 saturated heterocycles. The minimum atomic E-state index is -0.333. The van der Waals surface area contributed by atoms with Crippen LogP contribution >= 0.6 is 0 Å². The fourth-order valence-electron chi connectivity index (χ4n) is 0.899. The molecule has 0 N–H and O–H groups in total. The maximum atomic E-state index is 10.8. The molecule has 14 heavy (non-hydrogen) atoms. The van der Waals surface area contributed by atoms with Gasteiger partial charge in [-0.1, -0.05) is 0 Å². The Morgan fingerprint density at radius 3 is 2.64 bits per heavy atom. The lowest BCUT2D eigenvalue weighted by Gasteiger charge is -2.17. The molecule has 0 amide bonds. The molecule has 0 heterocycles. The van der Waals surface area contributed by atoms with Gasteiger partial charge < -0.3 is 14.4 Å². The lowest BCUT2D eigenvalue weighted by molar-refractivity contribution is -0.134. The normalized spacial score (nSPS) is 10.5. The van der Waals surface area contributed by atoms with Crippen LogP contribution in [0.5, 0.6) is 0 Å². The van der Waals surface area contributed by atoms with Crippen molar-refractivity contribution in [3.63, 3.8) is 0 Å². The fourth-order valence-corrected chi connectivity index (χ4v) is 0.899. The first-order chi connectivity index (χ1) is 6.74. The van der Waals surface area contributed by atoms with E-state index in [2.05, 4.69) is 4.74 Å². The van der Waals surface area contributed by atoms with Crippen LogP contribution in [0.25, 0.3) is 0 Å². The number of hydrogen-bond acceptors (Lipinski definition) is 4. The molecule has 0 atom stereocenters. The molecule has 4 nitrogen and oxygen atoms in total. The Morgan fingerprint density at radius 1 is 1.43 bits per heavy atom. The summed E-state index contributed by atoms with van der Waals surface area (Å²) in [6, 6.07) is 0. The van der Waals surface area contributed by atoms with Crippen molar-refractivity contribution in [2.24, 2.45) is 0 Å². The van der Waals surface area contributed by atoms with Gasteiger partial charge in [-0.3, -0.25) is 0 Å². The molecule has 0 aliphatic rings. The molecule has 0 aliphatic carbocycles. The highest BCUT2D eigenvalue weighted by molar-refractivity contribution is 5.81. The van der Waals surface area contributed by atoms with Gasteiger partial charge in [-0.25, -0.2) is 4.79 Å². The SMILES string of the molecule is CCOCCN(C=CC(=O)OC)CC. The quantitative estimate of drug-likeness (QED) is 0.350. The molecular formula is C10H19NO3. The van der Waals surface area contributed by atoms with Crippen molar-refractivity contribution in [2.45, 2.75) is 13.8 Å². The third-order valence-electron chi connectivity index (χ3n) is 1.76. The zero-order valence-electron chi connectivity index (χ0n) is 9.16. The summed E-state index contributed by atoms with van der Waals surface area (Å²) in [4.78, 5) is 12.8. The Hall–Kier alpha value is -1.03. The minimum absolute atomic E-state index is 0.333. The second-order valence-corrected chi connectivity index (χ2v) is 2.66. The van der Waals surface area contributed by atoms with Crippen molar-refractivity contribution < 1.29 is 14.3 Å². The Bertz CT molecular complexity index is 180. The molecule has 0 aromatic carbocycles. The van der Waals surface area contributed by atoms with Crippen molar-refractivity contribution in [2.75, 3.05) is 33.4 Å². The number of nitrogens with zero attached hydrogens (tertiary/aromatic N) is 1. The third kappa shape index (κ3) is 6.48. The molecule has 0 fully saturated rings. The summed E-state index contributed by atoms with van der Waals surface area (Å²) in [5, 5.41) is 0. The number of esters is 1. The van der Waals surface area contributed by atoms with Gasteiger partial charge in [0, 0.05) is 32.0 Å². The van der Waals surface area contributed by atoms with E-state index in [-0.39, 0.29) is 5.97 Å². The number of likely N-dealkylation sites (N-methyl/N-ethyl adjacent to an activating group) is 1. The monoisotopic (exact) mass is 201 g/mol. The van der Waals surface area contributed by atoms with Crippen molar-refractivity contribution in [3.8, 4) is 0 Å². The molecule has 0 unspecified atom stereocenters. The second kappa shape index (κ2) is 8.56. The van der Waals surface area contributed by atoms with Gasteiger partial charge in [-0.15, -0.1) is 0 Å². The largest absolute Gasteiger partial charge is 0.466 e. The molecular weight excluding hydrogens is 182 g/mol. The lowest BCUT2D eigenvalue weighted by atomic mass is 10.5. The topological polar surface area (TPSA) is 38.8 Å². The lowest BCUT2D eigenvalue weighted by Crippen LogP contribution is -2.22. The van der Waals surface area contributed by atoms with Crippen molar-refractivity contribution in [1.29, 1.82) is 0 Å². The Balaban J connectivity index is 3.77. The predicted molar refractivity (Wildman–Crippen MR) is 54.9 cm³/mol. The number of carbonyl (C=O) groups is 1. The van der Waals surface area contributed by atoms with Crippen molar-refractivity contribution in [3.05, 3.63) is 12.3 Å². The molecule has 0 aromatic heterocycles. The van der Waals surface area contributed by atoms with Gasteiger partial charge in [0.1, 0.15) is 0 Å². The van der Waals surface area contributed by atoms with Crippen LogP contribution in [0.1, 0.15) is 13.8 Å². The maximum Gasteiger partial charge on any atom is 0.331 e.